The minimum atomic E-state index is 0. The van der Waals surface area contributed by atoms with Crippen LogP contribution in [0.1, 0.15) is 55.5 Å². The van der Waals surface area contributed by atoms with Crippen LogP contribution in [0.15, 0.2) is 4.99 Å². The van der Waals surface area contributed by atoms with Crippen LogP contribution in [0.2, 0.25) is 0 Å². The van der Waals surface area contributed by atoms with Crippen molar-refractivity contribution in [1.29, 1.82) is 0 Å². The smallest absolute Gasteiger partial charge is 0.191 e. The first-order chi connectivity index (χ1) is 11.1. The van der Waals surface area contributed by atoms with Crippen molar-refractivity contribution in [2.24, 2.45) is 23.9 Å². The summed E-state index contributed by atoms with van der Waals surface area (Å²) < 4.78 is 1.95. The lowest BCUT2D eigenvalue weighted by molar-refractivity contribution is 0.239. The Bertz CT molecular complexity index is 580. The summed E-state index contributed by atoms with van der Waals surface area (Å²) in [6.45, 7) is 4.97. The molecule has 24 heavy (non-hydrogen) atoms. The normalized spacial score (nSPS) is 26.7. The van der Waals surface area contributed by atoms with Gasteiger partial charge >= 0.3 is 0 Å². The van der Waals surface area contributed by atoms with E-state index in [9.17, 15) is 0 Å². The van der Waals surface area contributed by atoms with Gasteiger partial charge in [-0.05, 0) is 44.9 Å². The molecule has 2 N–H and O–H groups in total. The zero-order chi connectivity index (χ0) is 16.4. The van der Waals surface area contributed by atoms with Gasteiger partial charge in [0.25, 0.3) is 0 Å². The van der Waals surface area contributed by atoms with E-state index in [4.69, 9.17) is 0 Å². The van der Waals surface area contributed by atoms with Crippen molar-refractivity contribution in [1.82, 2.24) is 20.4 Å². The molecule has 0 amide bonds. The van der Waals surface area contributed by atoms with Gasteiger partial charge in [0.1, 0.15) is 0 Å². The number of aliphatic imine (C=N–C) groups is 1. The van der Waals surface area contributed by atoms with E-state index in [2.05, 4.69) is 34.6 Å². The van der Waals surface area contributed by atoms with Gasteiger partial charge in [0.05, 0.1) is 5.69 Å². The Hall–Kier alpha value is -0.790. The standard InChI is InChI=1S/C18H31N5.HI/c1-12-17(13(2)23(4)22-12)11-20-18(19-3)21-16-9-8-14-6-5-7-15(14)10-16;/h14-16H,5-11H2,1-4H3,(H2,19,20,21);1H. The monoisotopic (exact) mass is 445 g/mol. The van der Waals surface area contributed by atoms with Crippen molar-refractivity contribution >= 4 is 29.9 Å². The summed E-state index contributed by atoms with van der Waals surface area (Å²) in [6.07, 6.45) is 8.32. The van der Waals surface area contributed by atoms with Crippen molar-refractivity contribution in [3.63, 3.8) is 0 Å². The van der Waals surface area contributed by atoms with Gasteiger partial charge in [-0.25, -0.2) is 0 Å². The highest BCUT2D eigenvalue weighted by molar-refractivity contribution is 14.0. The highest BCUT2D eigenvalue weighted by Gasteiger charge is 2.33. The summed E-state index contributed by atoms with van der Waals surface area (Å²) >= 11 is 0. The Morgan fingerprint density at radius 2 is 1.96 bits per heavy atom. The average molecular weight is 445 g/mol. The van der Waals surface area contributed by atoms with Crippen molar-refractivity contribution in [3.05, 3.63) is 17.0 Å². The van der Waals surface area contributed by atoms with Crippen LogP contribution in [0.3, 0.4) is 0 Å². The molecule has 2 fully saturated rings. The molecule has 0 spiro atoms. The first-order valence-electron chi connectivity index (χ1n) is 9.04. The van der Waals surface area contributed by atoms with E-state index >= 15 is 0 Å². The number of aryl methyl sites for hydroxylation is 2. The molecule has 2 aliphatic carbocycles. The van der Waals surface area contributed by atoms with Crippen LogP contribution in [-0.2, 0) is 13.6 Å². The molecule has 136 valence electrons. The molecule has 2 aliphatic rings. The molecule has 3 atom stereocenters. The maximum absolute atomic E-state index is 4.48. The minimum absolute atomic E-state index is 0. The maximum Gasteiger partial charge on any atom is 0.191 e. The third-order valence-corrected chi connectivity index (χ3v) is 5.95. The summed E-state index contributed by atoms with van der Waals surface area (Å²) in [4.78, 5) is 4.42. The van der Waals surface area contributed by atoms with Crippen LogP contribution < -0.4 is 10.6 Å². The van der Waals surface area contributed by atoms with E-state index in [-0.39, 0.29) is 24.0 Å². The zero-order valence-corrected chi connectivity index (χ0v) is 17.8. The fraction of sp³-hybridized carbons (Fsp3) is 0.778. The van der Waals surface area contributed by atoms with Crippen molar-refractivity contribution < 1.29 is 0 Å². The Kier molecular flexibility index (Phi) is 6.95. The summed E-state index contributed by atoms with van der Waals surface area (Å²) in [5.41, 5.74) is 3.59. The van der Waals surface area contributed by atoms with E-state index in [1.807, 2.05) is 18.8 Å². The predicted molar refractivity (Wildman–Crippen MR) is 110 cm³/mol. The lowest BCUT2D eigenvalue weighted by Crippen LogP contribution is -2.45. The molecule has 1 aromatic heterocycles. The van der Waals surface area contributed by atoms with Gasteiger partial charge in [0, 0.05) is 37.9 Å². The Morgan fingerprint density at radius 3 is 2.62 bits per heavy atom. The second-order valence-electron chi connectivity index (χ2n) is 7.30. The number of aromatic nitrogens is 2. The Morgan fingerprint density at radius 1 is 1.21 bits per heavy atom. The fourth-order valence-corrected chi connectivity index (χ4v) is 4.47. The van der Waals surface area contributed by atoms with E-state index in [1.54, 1.807) is 0 Å². The van der Waals surface area contributed by atoms with Crippen molar-refractivity contribution in [2.45, 2.75) is 65.0 Å². The van der Waals surface area contributed by atoms with Gasteiger partial charge in [0.15, 0.2) is 5.96 Å². The molecule has 0 radical (unpaired) electrons. The quantitative estimate of drug-likeness (QED) is 0.427. The van der Waals surface area contributed by atoms with E-state index in [1.165, 1.54) is 49.8 Å². The molecule has 1 aromatic rings. The third-order valence-electron chi connectivity index (χ3n) is 5.95. The molecule has 0 bridgehead atoms. The number of hydrogen-bond donors (Lipinski definition) is 2. The molecule has 5 nitrogen and oxygen atoms in total. The summed E-state index contributed by atoms with van der Waals surface area (Å²) in [5, 5.41) is 11.6. The lowest BCUT2D eigenvalue weighted by Gasteiger charge is -2.33. The highest BCUT2D eigenvalue weighted by atomic mass is 127. The number of nitrogens with zero attached hydrogens (tertiary/aromatic N) is 3. The van der Waals surface area contributed by atoms with Crippen molar-refractivity contribution in [2.75, 3.05) is 7.05 Å². The molecule has 3 unspecified atom stereocenters. The zero-order valence-electron chi connectivity index (χ0n) is 15.4. The number of fused-ring (bicyclic) bond motifs is 1. The van der Waals surface area contributed by atoms with Crippen LogP contribution in [0.4, 0.5) is 0 Å². The van der Waals surface area contributed by atoms with E-state index < -0.39 is 0 Å². The molecule has 1 heterocycles. The van der Waals surface area contributed by atoms with Gasteiger partial charge in [-0.1, -0.05) is 19.3 Å². The minimum Gasteiger partial charge on any atom is -0.354 e. The first kappa shape index (κ1) is 19.5. The summed E-state index contributed by atoms with van der Waals surface area (Å²) in [7, 11) is 3.86. The number of halogens is 1. The summed E-state index contributed by atoms with van der Waals surface area (Å²) in [5.74, 6) is 2.87. The van der Waals surface area contributed by atoms with Crippen LogP contribution in [0.25, 0.3) is 0 Å². The van der Waals surface area contributed by atoms with Crippen LogP contribution >= 0.6 is 24.0 Å². The SMILES string of the molecule is CN=C(NCc1c(C)nn(C)c1C)NC1CCC2CCCC2C1.I. The topological polar surface area (TPSA) is 54.2 Å². The van der Waals surface area contributed by atoms with Gasteiger partial charge in [-0.15, -0.1) is 24.0 Å². The fourth-order valence-electron chi connectivity index (χ4n) is 4.47. The molecule has 0 saturated heterocycles. The average Bonchev–Trinajstić information content (AvgIpc) is 3.09. The third kappa shape index (κ3) is 4.24. The second-order valence-corrected chi connectivity index (χ2v) is 7.30. The van der Waals surface area contributed by atoms with E-state index in [0.29, 0.717) is 6.04 Å². The number of hydrogen-bond acceptors (Lipinski definition) is 2. The predicted octanol–water partition coefficient (Wildman–Crippen LogP) is 3.29. The first-order valence-corrected chi connectivity index (χ1v) is 9.04. The molecule has 2 saturated carbocycles. The highest BCUT2D eigenvalue weighted by Crippen LogP contribution is 2.41. The second kappa shape index (κ2) is 8.54. The van der Waals surface area contributed by atoms with Crippen LogP contribution in [-0.4, -0.2) is 28.8 Å². The van der Waals surface area contributed by atoms with Crippen LogP contribution in [0, 0.1) is 25.7 Å². The largest absolute Gasteiger partial charge is 0.354 e. The van der Waals surface area contributed by atoms with Gasteiger partial charge < -0.3 is 10.6 Å². The molecular formula is C18H32IN5. The van der Waals surface area contributed by atoms with E-state index in [0.717, 1.165) is 30.0 Å². The van der Waals surface area contributed by atoms with Crippen LogP contribution in [0.5, 0.6) is 0 Å². The number of nitrogens with one attached hydrogen (secondary N) is 2. The molecule has 3 rings (SSSR count). The van der Waals surface area contributed by atoms with Gasteiger partial charge in [0.2, 0.25) is 0 Å². The molecular weight excluding hydrogens is 413 g/mol. The lowest BCUT2D eigenvalue weighted by atomic mass is 9.79. The molecule has 0 aromatic carbocycles. The van der Waals surface area contributed by atoms with Gasteiger partial charge in [-0.2, -0.15) is 5.10 Å². The Labute approximate surface area is 163 Å². The molecule has 6 heteroatoms. The number of rotatable bonds is 3. The number of guanidine groups is 1. The molecule has 0 aliphatic heterocycles. The summed E-state index contributed by atoms with van der Waals surface area (Å²) in [6, 6.07) is 0.580. The Balaban J connectivity index is 0.00000208. The maximum atomic E-state index is 4.48. The van der Waals surface area contributed by atoms with Crippen molar-refractivity contribution in [3.8, 4) is 0 Å². The van der Waals surface area contributed by atoms with Gasteiger partial charge in [-0.3, -0.25) is 9.67 Å².